The number of aliphatic carboxylic acids is 1. The minimum absolute atomic E-state index is 0.0417. The second-order valence-electron chi connectivity index (χ2n) is 6.97. The van der Waals surface area contributed by atoms with Crippen LogP contribution in [0.5, 0.6) is 0 Å². The Kier molecular flexibility index (Phi) is 6.96. The van der Waals surface area contributed by atoms with Gasteiger partial charge >= 0.3 is 5.97 Å². The number of carboxylic acid groups (broad SMARTS) is 1. The first-order valence-electron chi connectivity index (χ1n) is 8.78. The zero-order chi connectivity index (χ0) is 18.4. The molecule has 0 unspecified atom stereocenters. The Morgan fingerprint density at radius 3 is 2.56 bits per heavy atom. The SMILES string of the molecule is C[C@H]1CC(=O)N(Cc2ccccc2)[C@@H]1CC[C@H](O)C[C@@H](O)CC(=O)O. The van der Waals surface area contributed by atoms with Crippen molar-refractivity contribution in [3.63, 3.8) is 0 Å². The number of hydrogen-bond donors (Lipinski definition) is 3. The fourth-order valence-electron chi connectivity index (χ4n) is 3.53. The second-order valence-corrected chi connectivity index (χ2v) is 6.97. The van der Waals surface area contributed by atoms with Crippen LogP contribution in [0.3, 0.4) is 0 Å². The molecule has 4 atom stereocenters. The van der Waals surface area contributed by atoms with Crippen molar-refractivity contribution < 1.29 is 24.9 Å². The van der Waals surface area contributed by atoms with Crippen molar-refractivity contribution in [2.75, 3.05) is 0 Å². The van der Waals surface area contributed by atoms with Crippen LogP contribution in [0.25, 0.3) is 0 Å². The largest absolute Gasteiger partial charge is 0.481 e. The molecule has 1 aromatic rings. The minimum atomic E-state index is -1.08. The van der Waals surface area contributed by atoms with Gasteiger partial charge in [0.1, 0.15) is 0 Å². The zero-order valence-electron chi connectivity index (χ0n) is 14.5. The average molecular weight is 349 g/mol. The first-order chi connectivity index (χ1) is 11.9. The highest BCUT2D eigenvalue weighted by Crippen LogP contribution is 2.30. The Morgan fingerprint density at radius 1 is 1.24 bits per heavy atom. The lowest BCUT2D eigenvalue weighted by Crippen LogP contribution is -2.35. The number of carbonyl (C=O) groups is 2. The molecule has 25 heavy (non-hydrogen) atoms. The van der Waals surface area contributed by atoms with Crippen molar-refractivity contribution in [1.29, 1.82) is 0 Å². The smallest absolute Gasteiger partial charge is 0.305 e. The van der Waals surface area contributed by atoms with Gasteiger partial charge in [-0.25, -0.2) is 0 Å². The van der Waals surface area contributed by atoms with Crippen molar-refractivity contribution in [2.45, 2.75) is 63.8 Å². The van der Waals surface area contributed by atoms with Gasteiger partial charge in [-0.2, -0.15) is 0 Å². The molecular formula is C19H27NO5. The molecule has 0 radical (unpaired) electrons. The summed E-state index contributed by atoms with van der Waals surface area (Å²) >= 11 is 0. The Balaban J connectivity index is 1.89. The number of nitrogens with zero attached hydrogens (tertiary/aromatic N) is 1. The zero-order valence-corrected chi connectivity index (χ0v) is 14.5. The molecule has 3 N–H and O–H groups in total. The van der Waals surface area contributed by atoms with Gasteiger partial charge in [-0.1, -0.05) is 37.3 Å². The standard InChI is InChI=1S/C19H27NO5/c1-13-9-18(23)20(12-14-5-3-2-4-6-14)17(13)8-7-15(21)10-16(22)11-19(24)25/h2-6,13,15-17,21-22H,7-12H2,1H3,(H,24,25)/t13-,15-,16+,17+/m0/s1. The lowest BCUT2D eigenvalue weighted by atomic mass is 9.95. The molecule has 0 saturated carbocycles. The quantitative estimate of drug-likeness (QED) is 0.631. The number of carboxylic acids is 1. The number of likely N-dealkylation sites (tertiary alicyclic amines) is 1. The van der Waals surface area contributed by atoms with Gasteiger partial charge in [0, 0.05) is 19.0 Å². The number of carbonyl (C=O) groups excluding carboxylic acids is 1. The predicted octanol–water partition coefficient (Wildman–Crippen LogP) is 1.79. The third-order valence-electron chi connectivity index (χ3n) is 4.82. The van der Waals surface area contributed by atoms with E-state index in [2.05, 4.69) is 0 Å². The van der Waals surface area contributed by atoms with Crippen LogP contribution in [0.2, 0.25) is 0 Å². The number of rotatable bonds is 9. The van der Waals surface area contributed by atoms with Crippen LogP contribution in [0, 0.1) is 5.92 Å². The maximum atomic E-state index is 12.3. The maximum Gasteiger partial charge on any atom is 0.305 e. The van der Waals surface area contributed by atoms with E-state index in [1.54, 1.807) is 0 Å². The van der Waals surface area contributed by atoms with E-state index in [9.17, 15) is 19.8 Å². The summed E-state index contributed by atoms with van der Waals surface area (Å²) < 4.78 is 0. The van der Waals surface area contributed by atoms with Crippen LogP contribution in [0.1, 0.15) is 44.6 Å². The Labute approximate surface area is 148 Å². The highest BCUT2D eigenvalue weighted by atomic mass is 16.4. The first kappa shape index (κ1) is 19.4. The third kappa shape index (κ3) is 5.83. The molecule has 0 aliphatic carbocycles. The number of amides is 1. The van der Waals surface area contributed by atoms with Crippen LogP contribution < -0.4 is 0 Å². The molecule has 138 valence electrons. The lowest BCUT2D eigenvalue weighted by Gasteiger charge is -2.28. The van der Waals surface area contributed by atoms with E-state index in [0.717, 1.165) is 5.56 Å². The average Bonchev–Trinajstić information content (AvgIpc) is 2.79. The molecule has 1 saturated heterocycles. The normalized spacial score (nSPS) is 22.8. The van der Waals surface area contributed by atoms with E-state index in [1.807, 2.05) is 42.2 Å². The van der Waals surface area contributed by atoms with Crippen LogP contribution in [-0.4, -0.2) is 50.3 Å². The maximum absolute atomic E-state index is 12.3. The minimum Gasteiger partial charge on any atom is -0.481 e. The van der Waals surface area contributed by atoms with Gasteiger partial charge in [0.2, 0.25) is 5.91 Å². The van der Waals surface area contributed by atoms with Crippen LogP contribution in [0.15, 0.2) is 30.3 Å². The summed E-state index contributed by atoms with van der Waals surface area (Å²) in [5.74, 6) is -0.738. The molecule has 0 aromatic heterocycles. The molecule has 0 bridgehead atoms. The van der Waals surface area contributed by atoms with E-state index in [1.165, 1.54) is 0 Å². The summed E-state index contributed by atoms with van der Waals surface area (Å²) in [4.78, 5) is 24.7. The molecule has 1 fully saturated rings. The highest BCUT2D eigenvalue weighted by molar-refractivity contribution is 5.79. The Hall–Kier alpha value is -1.92. The van der Waals surface area contributed by atoms with Crippen LogP contribution in [0.4, 0.5) is 0 Å². The molecule has 1 aliphatic heterocycles. The summed E-state index contributed by atoms with van der Waals surface area (Å²) in [7, 11) is 0. The monoisotopic (exact) mass is 349 g/mol. The topological polar surface area (TPSA) is 98.1 Å². The summed E-state index contributed by atoms with van der Waals surface area (Å²) in [5, 5.41) is 28.3. The molecule has 1 aliphatic rings. The van der Waals surface area contributed by atoms with Gasteiger partial charge in [-0.05, 0) is 30.7 Å². The van der Waals surface area contributed by atoms with Crippen molar-refractivity contribution in [3.05, 3.63) is 35.9 Å². The third-order valence-corrected chi connectivity index (χ3v) is 4.82. The molecular weight excluding hydrogens is 322 g/mol. The van der Waals surface area contributed by atoms with E-state index in [4.69, 9.17) is 5.11 Å². The van der Waals surface area contributed by atoms with Gasteiger partial charge < -0.3 is 20.2 Å². The molecule has 6 nitrogen and oxygen atoms in total. The Bertz CT molecular complexity index is 576. The lowest BCUT2D eigenvalue weighted by molar-refractivity contribution is -0.139. The summed E-state index contributed by atoms with van der Waals surface area (Å²) in [6.07, 6.45) is -0.554. The molecule has 1 aromatic carbocycles. The summed E-state index contributed by atoms with van der Waals surface area (Å²) in [6.45, 7) is 2.60. The fourth-order valence-corrected chi connectivity index (χ4v) is 3.53. The van der Waals surface area contributed by atoms with E-state index in [0.29, 0.717) is 25.8 Å². The molecule has 6 heteroatoms. The van der Waals surface area contributed by atoms with Gasteiger partial charge in [-0.3, -0.25) is 9.59 Å². The van der Waals surface area contributed by atoms with Crippen LogP contribution in [-0.2, 0) is 16.1 Å². The van der Waals surface area contributed by atoms with Gasteiger partial charge in [0.25, 0.3) is 0 Å². The van der Waals surface area contributed by atoms with E-state index >= 15 is 0 Å². The Morgan fingerprint density at radius 2 is 1.92 bits per heavy atom. The molecule has 1 heterocycles. The van der Waals surface area contributed by atoms with Crippen LogP contribution >= 0.6 is 0 Å². The molecule has 1 amide bonds. The van der Waals surface area contributed by atoms with Crippen molar-refractivity contribution >= 4 is 11.9 Å². The van der Waals surface area contributed by atoms with Gasteiger partial charge in [-0.15, -0.1) is 0 Å². The first-order valence-corrected chi connectivity index (χ1v) is 8.78. The number of hydrogen-bond acceptors (Lipinski definition) is 4. The molecule has 2 rings (SSSR count). The van der Waals surface area contributed by atoms with E-state index < -0.39 is 18.2 Å². The highest BCUT2D eigenvalue weighted by Gasteiger charge is 2.36. The fraction of sp³-hybridized carbons (Fsp3) is 0.579. The van der Waals surface area contributed by atoms with Gasteiger partial charge in [0.15, 0.2) is 0 Å². The van der Waals surface area contributed by atoms with Crippen molar-refractivity contribution in [3.8, 4) is 0 Å². The number of aliphatic hydroxyl groups excluding tert-OH is 2. The summed E-state index contributed by atoms with van der Waals surface area (Å²) in [5.41, 5.74) is 1.08. The van der Waals surface area contributed by atoms with E-state index in [-0.39, 0.29) is 30.7 Å². The second kappa shape index (κ2) is 8.97. The predicted molar refractivity (Wildman–Crippen MR) is 92.7 cm³/mol. The number of benzene rings is 1. The van der Waals surface area contributed by atoms with Crippen molar-refractivity contribution in [1.82, 2.24) is 4.90 Å². The summed E-state index contributed by atoms with van der Waals surface area (Å²) in [6, 6.07) is 9.87. The van der Waals surface area contributed by atoms with Crippen molar-refractivity contribution in [2.24, 2.45) is 5.92 Å². The molecule has 0 spiro atoms. The van der Waals surface area contributed by atoms with Gasteiger partial charge in [0.05, 0.1) is 18.6 Å². The number of aliphatic hydroxyl groups is 2.